The molecule has 0 unspecified atom stereocenters. The maximum absolute atomic E-state index is 12.7. The molecule has 110 valence electrons. The molecule has 0 atom stereocenters. The molecule has 0 saturated carbocycles. The lowest BCUT2D eigenvalue weighted by Crippen LogP contribution is -2.31. The smallest absolute Gasteiger partial charge is 0.254 e. The number of hydrogen-bond donors (Lipinski definition) is 0. The predicted octanol–water partition coefficient (Wildman–Crippen LogP) is 4.44. The maximum Gasteiger partial charge on any atom is 0.254 e. The van der Waals surface area contributed by atoms with E-state index in [4.69, 9.17) is 0 Å². The van der Waals surface area contributed by atoms with Crippen LogP contribution in [0.4, 0.5) is 0 Å². The van der Waals surface area contributed by atoms with Gasteiger partial charge in [-0.1, -0.05) is 61.4 Å². The molecule has 21 heavy (non-hydrogen) atoms. The molecular formula is C19H23NO. The maximum atomic E-state index is 12.7. The first-order chi connectivity index (χ1) is 10.2. The molecular weight excluding hydrogens is 258 g/mol. The number of amides is 1. The van der Waals surface area contributed by atoms with Gasteiger partial charge in [-0.25, -0.2) is 0 Å². The number of carbonyl (C=O) groups excluding carboxylic acids is 1. The van der Waals surface area contributed by atoms with Crippen LogP contribution in [0.15, 0.2) is 54.6 Å². The lowest BCUT2D eigenvalue weighted by molar-refractivity contribution is 0.0741. The minimum atomic E-state index is 0.118. The Morgan fingerprint density at radius 3 is 2.29 bits per heavy atom. The highest BCUT2D eigenvalue weighted by atomic mass is 16.2. The summed E-state index contributed by atoms with van der Waals surface area (Å²) in [4.78, 5) is 14.6. The van der Waals surface area contributed by atoms with Crippen molar-refractivity contribution >= 4 is 5.91 Å². The average Bonchev–Trinajstić information content (AvgIpc) is 2.52. The number of carbonyl (C=O) groups is 1. The molecule has 0 saturated heterocycles. The first-order valence-electron chi connectivity index (χ1n) is 7.60. The molecule has 0 heterocycles. The van der Waals surface area contributed by atoms with Crippen molar-refractivity contribution in [1.29, 1.82) is 0 Å². The van der Waals surface area contributed by atoms with E-state index in [0.717, 1.165) is 24.9 Å². The van der Waals surface area contributed by atoms with E-state index in [0.29, 0.717) is 6.54 Å². The van der Waals surface area contributed by atoms with Crippen LogP contribution in [0.5, 0.6) is 0 Å². The fraction of sp³-hybridized carbons (Fsp3) is 0.316. The summed E-state index contributed by atoms with van der Waals surface area (Å²) in [5.74, 6) is 0.118. The average molecular weight is 281 g/mol. The Morgan fingerprint density at radius 2 is 1.67 bits per heavy atom. The lowest BCUT2D eigenvalue weighted by Gasteiger charge is -2.23. The Kier molecular flexibility index (Phi) is 5.56. The minimum absolute atomic E-state index is 0.118. The third-order valence-corrected chi connectivity index (χ3v) is 3.58. The Hall–Kier alpha value is -2.09. The van der Waals surface area contributed by atoms with Gasteiger partial charge in [-0.3, -0.25) is 4.79 Å². The number of hydrogen-bond acceptors (Lipinski definition) is 1. The molecule has 2 rings (SSSR count). The fourth-order valence-electron chi connectivity index (χ4n) is 2.28. The third kappa shape index (κ3) is 4.45. The van der Waals surface area contributed by atoms with Crippen LogP contribution in [-0.4, -0.2) is 17.4 Å². The zero-order chi connectivity index (χ0) is 15.1. The number of nitrogens with zero attached hydrogens (tertiary/aromatic N) is 1. The topological polar surface area (TPSA) is 20.3 Å². The molecule has 0 fully saturated rings. The van der Waals surface area contributed by atoms with Crippen LogP contribution in [0.1, 0.15) is 41.3 Å². The van der Waals surface area contributed by atoms with Gasteiger partial charge in [-0.05, 0) is 31.0 Å². The van der Waals surface area contributed by atoms with Gasteiger partial charge in [0.2, 0.25) is 0 Å². The van der Waals surface area contributed by atoms with Crippen LogP contribution >= 0.6 is 0 Å². The van der Waals surface area contributed by atoms with Gasteiger partial charge < -0.3 is 4.90 Å². The van der Waals surface area contributed by atoms with E-state index < -0.39 is 0 Å². The minimum Gasteiger partial charge on any atom is -0.334 e. The summed E-state index contributed by atoms with van der Waals surface area (Å²) >= 11 is 0. The molecule has 2 nitrogen and oxygen atoms in total. The predicted molar refractivity (Wildman–Crippen MR) is 87.3 cm³/mol. The molecule has 0 radical (unpaired) electrons. The van der Waals surface area contributed by atoms with Crippen LogP contribution < -0.4 is 0 Å². The van der Waals surface area contributed by atoms with E-state index in [1.165, 1.54) is 11.1 Å². The summed E-state index contributed by atoms with van der Waals surface area (Å²) in [6.45, 7) is 5.66. The summed E-state index contributed by atoms with van der Waals surface area (Å²) in [5, 5.41) is 0. The van der Waals surface area contributed by atoms with Gasteiger partial charge >= 0.3 is 0 Å². The molecule has 2 aromatic rings. The Labute approximate surface area is 127 Å². The van der Waals surface area contributed by atoms with Crippen molar-refractivity contribution in [2.75, 3.05) is 6.54 Å². The standard InChI is InChI=1S/C19H23NO/c1-3-4-14-20(15-17-8-6-5-7-9-17)19(21)18-12-10-16(2)11-13-18/h5-13H,3-4,14-15H2,1-2H3. The van der Waals surface area contributed by atoms with Crippen LogP contribution in [-0.2, 0) is 6.54 Å². The van der Waals surface area contributed by atoms with E-state index in [-0.39, 0.29) is 5.91 Å². The molecule has 0 aliphatic heterocycles. The van der Waals surface area contributed by atoms with Crippen LogP contribution in [0.2, 0.25) is 0 Å². The SMILES string of the molecule is CCCCN(Cc1ccccc1)C(=O)c1ccc(C)cc1. The third-order valence-electron chi connectivity index (χ3n) is 3.58. The van der Waals surface area contributed by atoms with Gasteiger partial charge in [0.25, 0.3) is 5.91 Å². The monoisotopic (exact) mass is 281 g/mol. The van der Waals surface area contributed by atoms with Crippen molar-refractivity contribution in [2.45, 2.75) is 33.2 Å². The molecule has 0 aromatic heterocycles. The van der Waals surface area contributed by atoms with Crippen molar-refractivity contribution in [3.63, 3.8) is 0 Å². The van der Waals surface area contributed by atoms with E-state index >= 15 is 0 Å². The van der Waals surface area contributed by atoms with Gasteiger partial charge in [-0.15, -0.1) is 0 Å². The van der Waals surface area contributed by atoms with Crippen LogP contribution in [0.3, 0.4) is 0 Å². The number of unbranched alkanes of at least 4 members (excludes halogenated alkanes) is 1. The molecule has 0 aliphatic carbocycles. The van der Waals surface area contributed by atoms with Crippen molar-refractivity contribution in [3.05, 3.63) is 71.3 Å². The van der Waals surface area contributed by atoms with E-state index in [1.54, 1.807) is 0 Å². The zero-order valence-electron chi connectivity index (χ0n) is 12.9. The first kappa shape index (κ1) is 15.3. The quantitative estimate of drug-likeness (QED) is 0.766. The molecule has 0 spiro atoms. The van der Waals surface area contributed by atoms with E-state index in [1.807, 2.05) is 54.3 Å². The summed E-state index contributed by atoms with van der Waals surface area (Å²) in [7, 11) is 0. The van der Waals surface area contributed by atoms with Crippen LogP contribution in [0.25, 0.3) is 0 Å². The summed E-state index contributed by atoms with van der Waals surface area (Å²) in [6, 6.07) is 18.0. The largest absolute Gasteiger partial charge is 0.334 e. The molecule has 0 aliphatic rings. The van der Waals surface area contributed by atoms with E-state index in [9.17, 15) is 4.79 Å². The Morgan fingerprint density at radius 1 is 1.00 bits per heavy atom. The molecule has 2 heteroatoms. The van der Waals surface area contributed by atoms with Gasteiger partial charge in [0.05, 0.1) is 0 Å². The molecule has 2 aromatic carbocycles. The highest BCUT2D eigenvalue weighted by Crippen LogP contribution is 2.12. The Balaban J connectivity index is 2.14. The number of rotatable bonds is 6. The first-order valence-corrected chi connectivity index (χ1v) is 7.60. The molecule has 0 N–H and O–H groups in total. The summed E-state index contributed by atoms with van der Waals surface area (Å²) < 4.78 is 0. The van der Waals surface area contributed by atoms with Gasteiger partial charge in [-0.2, -0.15) is 0 Å². The van der Waals surface area contributed by atoms with Crippen molar-refractivity contribution in [1.82, 2.24) is 4.90 Å². The van der Waals surface area contributed by atoms with Gasteiger partial charge in [0.1, 0.15) is 0 Å². The van der Waals surface area contributed by atoms with Crippen molar-refractivity contribution in [2.24, 2.45) is 0 Å². The van der Waals surface area contributed by atoms with Gasteiger partial charge in [0.15, 0.2) is 0 Å². The summed E-state index contributed by atoms with van der Waals surface area (Å²) in [5.41, 5.74) is 3.12. The van der Waals surface area contributed by atoms with Crippen molar-refractivity contribution < 1.29 is 4.79 Å². The number of aryl methyl sites for hydroxylation is 1. The van der Waals surface area contributed by atoms with Crippen molar-refractivity contribution in [3.8, 4) is 0 Å². The Bertz CT molecular complexity index is 560. The molecule has 0 bridgehead atoms. The normalized spacial score (nSPS) is 10.4. The van der Waals surface area contributed by atoms with E-state index in [2.05, 4.69) is 19.1 Å². The lowest BCUT2D eigenvalue weighted by atomic mass is 10.1. The fourth-order valence-corrected chi connectivity index (χ4v) is 2.28. The highest BCUT2D eigenvalue weighted by Gasteiger charge is 2.15. The molecule has 1 amide bonds. The zero-order valence-corrected chi connectivity index (χ0v) is 12.9. The number of benzene rings is 2. The van der Waals surface area contributed by atoms with Crippen LogP contribution in [0, 0.1) is 6.92 Å². The summed E-state index contributed by atoms with van der Waals surface area (Å²) in [6.07, 6.45) is 2.12. The highest BCUT2D eigenvalue weighted by molar-refractivity contribution is 5.94. The second-order valence-electron chi connectivity index (χ2n) is 5.43. The van der Waals surface area contributed by atoms with Gasteiger partial charge in [0, 0.05) is 18.7 Å². The second kappa shape index (κ2) is 7.63. The second-order valence-corrected chi connectivity index (χ2v) is 5.43.